The van der Waals surface area contributed by atoms with Crippen LogP contribution in [0.25, 0.3) is 22.0 Å². The molecular weight excluding hydrogens is 659 g/mol. The molecule has 52 heavy (non-hydrogen) atoms. The number of fused-ring (bicyclic) bond motifs is 1. The molecular formula is C42H35FN4O5. The molecule has 10 heteroatoms. The largest absolute Gasteiger partial charge is 0.481 e. The van der Waals surface area contributed by atoms with Gasteiger partial charge in [-0.25, -0.2) is 9.37 Å². The van der Waals surface area contributed by atoms with Gasteiger partial charge in [0.15, 0.2) is 0 Å². The zero-order chi connectivity index (χ0) is 36.8. The van der Waals surface area contributed by atoms with Gasteiger partial charge < -0.3 is 21.1 Å². The van der Waals surface area contributed by atoms with Gasteiger partial charge in [0.1, 0.15) is 17.7 Å². The molecule has 0 fully saturated rings. The number of carbonyl (C=O) groups excluding carboxylic acids is 3. The first kappa shape index (κ1) is 35.2. The second-order valence-electron chi connectivity index (χ2n) is 12.8. The van der Waals surface area contributed by atoms with Crippen LogP contribution in [0.4, 0.5) is 10.2 Å². The normalized spacial score (nSPS) is 11.8. The highest BCUT2D eigenvalue weighted by atomic mass is 19.1. The first-order chi connectivity index (χ1) is 25.0. The number of benzene rings is 5. The molecule has 5 aromatic carbocycles. The number of carboxylic acid groups (broad SMARTS) is 1. The number of pyridine rings is 1. The Morgan fingerprint density at radius 2 is 1.46 bits per heavy atom. The van der Waals surface area contributed by atoms with Crippen molar-refractivity contribution in [2.24, 2.45) is 0 Å². The number of hydrogen-bond donors (Lipinski definition) is 4. The molecule has 0 aliphatic carbocycles. The summed E-state index contributed by atoms with van der Waals surface area (Å²) in [6.07, 6.45) is 0. The summed E-state index contributed by atoms with van der Waals surface area (Å²) in [4.78, 5) is 56.5. The van der Waals surface area contributed by atoms with E-state index >= 15 is 0 Å². The highest BCUT2D eigenvalue weighted by Gasteiger charge is 2.29. The highest BCUT2D eigenvalue weighted by molar-refractivity contribution is 6.09. The Morgan fingerprint density at radius 1 is 0.769 bits per heavy atom. The van der Waals surface area contributed by atoms with Crippen LogP contribution < -0.4 is 16.0 Å². The Hall–Kier alpha value is -6.68. The first-order valence-corrected chi connectivity index (χ1v) is 16.5. The standard InChI is InChI=1S/C42H35FN4O5/c1-42(2,41(51)52)31-18-14-27(15-19-31)33-10-6-7-11-34(33)39(49)46-36-23-17-29-24-30(16-22-35(29)45-36)38(48)47-37(28-8-4-3-5-9-28)40(50)44-25-26-12-20-32(43)21-13-26/h3-24,37H,25H2,1-2H3,(H,44,50)(H,47,48)(H,51,52)(H,45,46,49)/t37-/m0/s1. The van der Waals surface area contributed by atoms with E-state index in [0.717, 1.165) is 5.56 Å². The lowest BCUT2D eigenvalue weighted by atomic mass is 9.84. The van der Waals surface area contributed by atoms with Gasteiger partial charge in [0.25, 0.3) is 11.8 Å². The maximum Gasteiger partial charge on any atom is 0.313 e. The third-order valence-electron chi connectivity index (χ3n) is 8.87. The molecule has 9 nitrogen and oxygen atoms in total. The minimum Gasteiger partial charge on any atom is -0.481 e. The number of carboxylic acids is 1. The molecule has 0 aliphatic rings. The molecule has 4 N–H and O–H groups in total. The van der Waals surface area contributed by atoms with E-state index < -0.39 is 29.2 Å². The van der Waals surface area contributed by atoms with Crippen LogP contribution in [0.3, 0.4) is 0 Å². The second-order valence-corrected chi connectivity index (χ2v) is 12.8. The van der Waals surface area contributed by atoms with Crippen LogP contribution in [-0.4, -0.2) is 33.8 Å². The fraction of sp³-hybridized carbons (Fsp3) is 0.119. The molecule has 0 saturated carbocycles. The molecule has 0 bridgehead atoms. The summed E-state index contributed by atoms with van der Waals surface area (Å²) in [6.45, 7) is 3.44. The van der Waals surface area contributed by atoms with Crippen molar-refractivity contribution in [1.82, 2.24) is 15.6 Å². The van der Waals surface area contributed by atoms with E-state index in [1.807, 2.05) is 18.2 Å². The van der Waals surface area contributed by atoms with Gasteiger partial charge in [-0.05, 0) is 90.2 Å². The molecule has 0 radical (unpaired) electrons. The Kier molecular flexibility index (Phi) is 10.2. The minimum atomic E-state index is -1.06. The number of rotatable bonds is 11. The number of nitrogens with zero attached hydrogens (tertiary/aromatic N) is 1. The molecule has 6 aromatic rings. The number of amides is 3. The summed E-state index contributed by atoms with van der Waals surface area (Å²) in [5.41, 5.74) is 3.58. The van der Waals surface area contributed by atoms with Gasteiger partial charge in [-0.1, -0.05) is 84.9 Å². The van der Waals surface area contributed by atoms with E-state index in [1.165, 1.54) is 12.1 Å². The van der Waals surface area contributed by atoms with Gasteiger partial charge in [0.05, 0.1) is 10.9 Å². The summed E-state index contributed by atoms with van der Waals surface area (Å²) in [5.74, 6) is -2.27. The van der Waals surface area contributed by atoms with Crippen molar-refractivity contribution in [2.45, 2.75) is 31.8 Å². The lowest BCUT2D eigenvalue weighted by molar-refractivity contribution is -0.142. The second kappa shape index (κ2) is 15.1. The van der Waals surface area contributed by atoms with Gasteiger partial charge in [-0.15, -0.1) is 0 Å². The Labute approximate surface area is 299 Å². The molecule has 1 atom stereocenters. The molecule has 0 aliphatic heterocycles. The average Bonchev–Trinajstić information content (AvgIpc) is 3.16. The summed E-state index contributed by atoms with van der Waals surface area (Å²) in [7, 11) is 0. The molecule has 1 heterocycles. The van der Waals surface area contributed by atoms with Crippen molar-refractivity contribution < 1.29 is 28.7 Å². The quantitative estimate of drug-likeness (QED) is 0.111. The van der Waals surface area contributed by atoms with Crippen molar-refractivity contribution in [3.8, 4) is 11.1 Å². The highest BCUT2D eigenvalue weighted by Crippen LogP contribution is 2.29. The summed E-state index contributed by atoms with van der Waals surface area (Å²) < 4.78 is 13.3. The number of halogens is 1. The van der Waals surface area contributed by atoms with Crippen molar-refractivity contribution >= 4 is 40.4 Å². The SMILES string of the molecule is CC(C)(C(=O)O)c1ccc(-c2ccccc2C(=O)Nc2ccc3cc(C(=O)N[C@H](C(=O)NCc4ccc(F)cc4)c4ccccc4)ccc3n2)cc1. The molecule has 3 amide bonds. The average molecular weight is 695 g/mol. The molecule has 0 spiro atoms. The van der Waals surface area contributed by atoms with E-state index in [1.54, 1.807) is 117 Å². The first-order valence-electron chi connectivity index (χ1n) is 16.5. The lowest BCUT2D eigenvalue weighted by Crippen LogP contribution is -2.40. The Balaban J connectivity index is 1.16. The van der Waals surface area contributed by atoms with Gasteiger partial charge in [0.2, 0.25) is 5.91 Å². The minimum absolute atomic E-state index is 0.157. The van der Waals surface area contributed by atoms with Gasteiger partial charge in [-0.2, -0.15) is 0 Å². The molecule has 0 unspecified atom stereocenters. The zero-order valence-electron chi connectivity index (χ0n) is 28.4. The lowest BCUT2D eigenvalue weighted by Gasteiger charge is -2.20. The fourth-order valence-electron chi connectivity index (χ4n) is 5.70. The maximum atomic E-state index is 13.5. The number of aliphatic carboxylic acids is 1. The Morgan fingerprint density at radius 3 is 2.17 bits per heavy atom. The van der Waals surface area contributed by atoms with Crippen molar-refractivity contribution in [1.29, 1.82) is 0 Å². The van der Waals surface area contributed by atoms with Crippen molar-refractivity contribution in [2.75, 3.05) is 5.32 Å². The van der Waals surface area contributed by atoms with E-state index in [9.17, 15) is 28.7 Å². The summed E-state index contributed by atoms with van der Waals surface area (Å²) >= 11 is 0. The van der Waals surface area contributed by atoms with Crippen LogP contribution >= 0.6 is 0 Å². The summed E-state index contributed by atoms with van der Waals surface area (Å²) in [6, 6.07) is 36.2. The van der Waals surface area contributed by atoms with Crippen LogP contribution in [0.1, 0.15) is 57.3 Å². The van der Waals surface area contributed by atoms with Crippen LogP contribution in [-0.2, 0) is 21.5 Å². The van der Waals surface area contributed by atoms with Gasteiger partial charge in [-0.3, -0.25) is 19.2 Å². The van der Waals surface area contributed by atoms with Crippen molar-refractivity contribution in [3.05, 3.63) is 167 Å². The van der Waals surface area contributed by atoms with E-state index in [-0.39, 0.29) is 18.3 Å². The third-order valence-corrected chi connectivity index (χ3v) is 8.87. The topological polar surface area (TPSA) is 137 Å². The Bertz CT molecular complexity index is 2270. The number of anilines is 1. The molecule has 1 aromatic heterocycles. The number of nitrogens with one attached hydrogen (secondary N) is 3. The number of carbonyl (C=O) groups is 4. The predicted octanol–water partition coefficient (Wildman–Crippen LogP) is 7.44. The summed E-state index contributed by atoms with van der Waals surface area (Å²) in [5, 5.41) is 18.7. The van der Waals surface area contributed by atoms with Crippen LogP contribution in [0, 0.1) is 5.82 Å². The molecule has 6 rings (SSSR count). The fourth-order valence-corrected chi connectivity index (χ4v) is 5.70. The van der Waals surface area contributed by atoms with E-state index in [4.69, 9.17) is 0 Å². The monoisotopic (exact) mass is 694 g/mol. The zero-order valence-corrected chi connectivity index (χ0v) is 28.4. The van der Waals surface area contributed by atoms with Gasteiger partial charge in [0, 0.05) is 23.1 Å². The van der Waals surface area contributed by atoms with Crippen molar-refractivity contribution in [3.63, 3.8) is 0 Å². The number of hydrogen-bond acceptors (Lipinski definition) is 5. The predicted molar refractivity (Wildman–Crippen MR) is 197 cm³/mol. The maximum absolute atomic E-state index is 13.5. The number of aromatic nitrogens is 1. The van der Waals surface area contributed by atoms with Crippen LogP contribution in [0.5, 0.6) is 0 Å². The van der Waals surface area contributed by atoms with E-state index in [2.05, 4.69) is 20.9 Å². The molecule has 260 valence electrons. The van der Waals surface area contributed by atoms with E-state index in [0.29, 0.717) is 50.1 Å². The molecule has 0 saturated heterocycles. The van der Waals surface area contributed by atoms with Crippen LogP contribution in [0.2, 0.25) is 0 Å². The van der Waals surface area contributed by atoms with Gasteiger partial charge >= 0.3 is 5.97 Å². The van der Waals surface area contributed by atoms with Crippen LogP contribution in [0.15, 0.2) is 133 Å². The smallest absolute Gasteiger partial charge is 0.313 e. The third kappa shape index (κ3) is 7.87.